The first-order valence-corrected chi connectivity index (χ1v) is 15.6. The van der Waals surface area contributed by atoms with E-state index in [4.69, 9.17) is 4.98 Å². The SMILES string of the molecule is CCCCc1nc2ccc(C(C)(O)CC3CCC(C)(C)N3)cc2c(=O)n1Cc1ccc(-c2ccccc2-c2nnn[nH]2)cc1. The lowest BCUT2D eigenvalue weighted by Gasteiger charge is -2.29. The summed E-state index contributed by atoms with van der Waals surface area (Å²) in [5, 5.41) is 30.1. The molecule has 2 unspecified atom stereocenters. The van der Waals surface area contributed by atoms with Gasteiger partial charge in [0.25, 0.3) is 5.56 Å². The zero-order valence-electron chi connectivity index (χ0n) is 26.0. The molecule has 2 aromatic heterocycles. The molecule has 9 heteroatoms. The summed E-state index contributed by atoms with van der Waals surface area (Å²) in [7, 11) is 0. The molecule has 1 saturated heterocycles. The van der Waals surface area contributed by atoms with E-state index in [-0.39, 0.29) is 17.1 Å². The topological polar surface area (TPSA) is 122 Å². The Hall–Kier alpha value is -4.21. The van der Waals surface area contributed by atoms with Crippen LogP contribution < -0.4 is 10.9 Å². The number of aromatic nitrogens is 6. The number of fused-ring (bicyclic) bond motifs is 1. The van der Waals surface area contributed by atoms with E-state index in [0.717, 1.165) is 65.7 Å². The normalized spacial score (nSPS) is 17.6. The molecule has 3 aromatic carbocycles. The number of unbranched alkanes of at least 4 members (excludes halogenated alkanes) is 1. The van der Waals surface area contributed by atoms with Crippen molar-refractivity contribution >= 4 is 10.9 Å². The van der Waals surface area contributed by atoms with Gasteiger partial charge in [-0.25, -0.2) is 10.1 Å². The Morgan fingerprint density at radius 2 is 1.84 bits per heavy atom. The molecule has 1 fully saturated rings. The molecule has 5 aromatic rings. The second-order valence-corrected chi connectivity index (χ2v) is 13.0. The van der Waals surface area contributed by atoms with Crippen molar-refractivity contribution in [1.29, 1.82) is 0 Å². The van der Waals surface area contributed by atoms with E-state index in [1.54, 1.807) is 4.57 Å². The van der Waals surface area contributed by atoms with Gasteiger partial charge < -0.3 is 10.4 Å². The number of benzene rings is 3. The van der Waals surface area contributed by atoms with E-state index >= 15 is 0 Å². The molecule has 6 rings (SSSR count). The van der Waals surface area contributed by atoms with E-state index in [1.807, 2.05) is 49.4 Å². The average Bonchev–Trinajstić information content (AvgIpc) is 3.67. The molecule has 3 N–H and O–H groups in total. The standard InChI is InChI=1S/C35H41N7O2/c1-5-6-11-31-36-30-17-16-25(35(4,44)21-26-18-19-34(2,3)37-26)20-29(30)33(43)42(31)22-23-12-14-24(15-13-23)27-9-7-8-10-28(27)32-38-40-41-39-32/h7-10,12-17,20,26,37,44H,5-6,11,18-19,21-22H2,1-4H3,(H,38,39,40,41). The molecule has 2 atom stereocenters. The average molecular weight is 592 g/mol. The van der Waals surface area contributed by atoms with Crippen LogP contribution in [0.25, 0.3) is 33.4 Å². The Bertz CT molecular complexity index is 1810. The van der Waals surface area contributed by atoms with Gasteiger partial charge >= 0.3 is 0 Å². The van der Waals surface area contributed by atoms with Crippen molar-refractivity contribution in [3.05, 3.63) is 94.0 Å². The Kier molecular flexibility index (Phi) is 8.18. The summed E-state index contributed by atoms with van der Waals surface area (Å²) in [5.41, 5.74) is 4.31. The van der Waals surface area contributed by atoms with Crippen molar-refractivity contribution in [3.8, 4) is 22.5 Å². The highest BCUT2D eigenvalue weighted by atomic mass is 16.3. The largest absolute Gasteiger partial charge is 0.385 e. The number of aryl methyl sites for hydroxylation is 1. The van der Waals surface area contributed by atoms with Crippen LogP contribution >= 0.6 is 0 Å². The Labute approximate surface area is 257 Å². The molecule has 0 bridgehead atoms. The van der Waals surface area contributed by atoms with Crippen LogP contribution in [-0.4, -0.2) is 46.9 Å². The molecule has 1 aliphatic heterocycles. The molecule has 3 heterocycles. The molecule has 44 heavy (non-hydrogen) atoms. The van der Waals surface area contributed by atoms with Crippen molar-refractivity contribution in [1.82, 2.24) is 35.5 Å². The number of aliphatic hydroxyl groups is 1. The number of aromatic amines is 1. The van der Waals surface area contributed by atoms with Crippen LogP contribution in [0.2, 0.25) is 0 Å². The molecule has 0 spiro atoms. The fourth-order valence-electron chi connectivity index (χ4n) is 6.46. The highest BCUT2D eigenvalue weighted by Gasteiger charge is 2.35. The lowest BCUT2D eigenvalue weighted by atomic mass is 9.88. The number of nitrogens with one attached hydrogen (secondary N) is 2. The Morgan fingerprint density at radius 3 is 2.52 bits per heavy atom. The van der Waals surface area contributed by atoms with E-state index < -0.39 is 5.60 Å². The second-order valence-electron chi connectivity index (χ2n) is 13.0. The van der Waals surface area contributed by atoms with Crippen molar-refractivity contribution in [2.45, 2.75) is 89.9 Å². The van der Waals surface area contributed by atoms with Crippen LogP contribution in [-0.2, 0) is 18.6 Å². The van der Waals surface area contributed by atoms with Gasteiger partial charge in [-0.2, -0.15) is 0 Å². The minimum Gasteiger partial charge on any atom is -0.385 e. The molecule has 1 aliphatic rings. The van der Waals surface area contributed by atoms with Gasteiger partial charge in [0.2, 0.25) is 0 Å². The fraction of sp³-hybridized carbons (Fsp3) is 0.400. The van der Waals surface area contributed by atoms with Crippen LogP contribution in [0.3, 0.4) is 0 Å². The third-order valence-electron chi connectivity index (χ3n) is 8.90. The zero-order chi connectivity index (χ0) is 30.9. The number of H-pyrrole nitrogens is 1. The first-order valence-electron chi connectivity index (χ1n) is 15.6. The van der Waals surface area contributed by atoms with Gasteiger partial charge in [0.05, 0.1) is 23.0 Å². The Balaban J connectivity index is 1.32. The number of nitrogens with zero attached hydrogens (tertiary/aromatic N) is 5. The zero-order valence-corrected chi connectivity index (χ0v) is 26.0. The predicted octanol–water partition coefficient (Wildman–Crippen LogP) is 5.76. The fourth-order valence-corrected chi connectivity index (χ4v) is 6.46. The van der Waals surface area contributed by atoms with Gasteiger partial charge in [0, 0.05) is 23.6 Å². The molecule has 0 radical (unpaired) electrons. The summed E-state index contributed by atoms with van der Waals surface area (Å²) in [6.07, 6.45) is 5.36. The lowest BCUT2D eigenvalue weighted by Crippen LogP contribution is -2.40. The van der Waals surface area contributed by atoms with Crippen LogP contribution in [0.15, 0.2) is 71.5 Å². The second kappa shape index (κ2) is 12.1. The predicted molar refractivity (Wildman–Crippen MR) is 173 cm³/mol. The molecular weight excluding hydrogens is 550 g/mol. The van der Waals surface area contributed by atoms with E-state index in [0.29, 0.717) is 29.7 Å². The maximum Gasteiger partial charge on any atom is 0.261 e. The van der Waals surface area contributed by atoms with Gasteiger partial charge in [-0.3, -0.25) is 9.36 Å². The monoisotopic (exact) mass is 591 g/mol. The summed E-state index contributed by atoms with van der Waals surface area (Å²) in [5.74, 6) is 1.40. The van der Waals surface area contributed by atoms with Gasteiger partial charge in [-0.05, 0) is 91.3 Å². The van der Waals surface area contributed by atoms with Crippen LogP contribution in [0.5, 0.6) is 0 Å². The Morgan fingerprint density at radius 1 is 1.07 bits per heavy atom. The molecule has 0 aliphatic carbocycles. The maximum absolute atomic E-state index is 14.1. The van der Waals surface area contributed by atoms with Crippen molar-refractivity contribution < 1.29 is 5.11 Å². The van der Waals surface area contributed by atoms with Gasteiger partial charge in [-0.15, -0.1) is 5.10 Å². The highest BCUT2D eigenvalue weighted by Crippen LogP contribution is 2.33. The third-order valence-corrected chi connectivity index (χ3v) is 8.90. The first-order chi connectivity index (χ1) is 21.1. The van der Waals surface area contributed by atoms with Crippen molar-refractivity contribution in [3.63, 3.8) is 0 Å². The molecule has 0 saturated carbocycles. The van der Waals surface area contributed by atoms with Gasteiger partial charge in [0.1, 0.15) is 5.82 Å². The highest BCUT2D eigenvalue weighted by molar-refractivity contribution is 5.80. The minimum absolute atomic E-state index is 0.0760. The summed E-state index contributed by atoms with van der Waals surface area (Å²) in [6.45, 7) is 8.80. The summed E-state index contributed by atoms with van der Waals surface area (Å²) >= 11 is 0. The first kappa shape index (κ1) is 29.8. The molecule has 228 valence electrons. The van der Waals surface area contributed by atoms with E-state index in [9.17, 15) is 9.90 Å². The minimum atomic E-state index is -1.07. The van der Waals surface area contributed by atoms with Gasteiger partial charge in [-0.1, -0.05) is 67.9 Å². The van der Waals surface area contributed by atoms with E-state index in [1.165, 1.54) is 0 Å². The molecular formula is C35H41N7O2. The number of rotatable bonds is 10. The smallest absolute Gasteiger partial charge is 0.261 e. The van der Waals surface area contributed by atoms with E-state index in [2.05, 4.69) is 71.0 Å². The number of hydrogen-bond acceptors (Lipinski definition) is 7. The third kappa shape index (κ3) is 6.21. The van der Waals surface area contributed by atoms with Crippen LogP contribution in [0.4, 0.5) is 0 Å². The maximum atomic E-state index is 14.1. The summed E-state index contributed by atoms with van der Waals surface area (Å²) in [4.78, 5) is 19.1. The quantitative estimate of drug-likeness (QED) is 0.189. The summed E-state index contributed by atoms with van der Waals surface area (Å²) < 4.78 is 1.81. The lowest BCUT2D eigenvalue weighted by molar-refractivity contribution is 0.0375. The molecule has 0 amide bonds. The molecule has 9 nitrogen and oxygen atoms in total. The van der Waals surface area contributed by atoms with Crippen molar-refractivity contribution in [2.75, 3.05) is 0 Å². The van der Waals surface area contributed by atoms with Crippen LogP contribution in [0, 0.1) is 0 Å². The number of hydrogen-bond donors (Lipinski definition) is 3. The van der Waals surface area contributed by atoms with Crippen molar-refractivity contribution in [2.24, 2.45) is 0 Å². The van der Waals surface area contributed by atoms with Gasteiger partial charge in [0.15, 0.2) is 5.82 Å². The summed E-state index contributed by atoms with van der Waals surface area (Å²) in [6, 6.07) is 22.1. The van der Waals surface area contributed by atoms with Crippen LogP contribution in [0.1, 0.15) is 76.8 Å². The number of tetrazole rings is 1.